The summed E-state index contributed by atoms with van der Waals surface area (Å²) in [5.74, 6) is -0.0344. The van der Waals surface area contributed by atoms with E-state index in [2.05, 4.69) is 42.3 Å². The average Bonchev–Trinajstić information content (AvgIpc) is 2.74. The van der Waals surface area contributed by atoms with Gasteiger partial charge in [0.2, 0.25) is 0 Å². The molecule has 6 heteroatoms. The normalized spacial score (nSPS) is 11.6. The summed E-state index contributed by atoms with van der Waals surface area (Å²) in [7, 11) is 2.09. The molecule has 0 fully saturated rings. The molecule has 31 heavy (non-hydrogen) atoms. The van der Waals surface area contributed by atoms with Crippen molar-refractivity contribution < 1.29 is 4.79 Å². The zero-order valence-electron chi connectivity index (χ0n) is 19.1. The summed E-state index contributed by atoms with van der Waals surface area (Å²) in [4.78, 5) is 28.2. The number of hydrogen-bond donors (Lipinski definition) is 1. The molecule has 3 rings (SSSR count). The Hall–Kier alpha value is -2.99. The summed E-state index contributed by atoms with van der Waals surface area (Å²) in [6.45, 7) is 10.0. The van der Waals surface area contributed by atoms with Crippen molar-refractivity contribution in [2.24, 2.45) is 5.92 Å². The number of carbonyl (C=O) groups is 1. The summed E-state index contributed by atoms with van der Waals surface area (Å²) in [6.07, 6.45) is 0. The second-order valence-electron chi connectivity index (χ2n) is 8.74. The minimum Gasteiger partial charge on any atom is -0.347 e. The van der Waals surface area contributed by atoms with Crippen LogP contribution in [-0.2, 0) is 19.6 Å². The van der Waals surface area contributed by atoms with E-state index in [-0.39, 0.29) is 23.1 Å². The molecule has 0 saturated heterocycles. The van der Waals surface area contributed by atoms with E-state index in [0.29, 0.717) is 29.9 Å². The first-order valence-corrected chi connectivity index (χ1v) is 10.8. The molecule has 0 aliphatic rings. The Morgan fingerprint density at radius 2 is 1.61 bits per heavy atom. The van der Waals surface area contributed by atoms with E-state index in [1.807, 2.05) is 44.2 Å². The molecular formula is C25H32N4O2. The van der Waals surface area contributed by atoms with Gasteiger partial charge in [0.05, 0.1) is 5.39 Å². The zero-order chi connectivity index (χ0) is 22.5. The molecule has 0 aliphatic heterocycles. The fraction of sp³-hybridized carbons (Fsp3) is 0.400. The standard InChI is InChI=1S/C25H32N4O2/c1-17(2)15-29-25(31)22-13-9-8-12-21(22)23(27-29)24(30)26-14-19-10-6-7-11-20(19)16-28(5)18(3)4/h6-13,17-18H,14-16H2,1-5H3,(H,26,30). The molecule has 1 N–H and O–H groups in total. The van der Waals surface area contributed by atoms with Gasteiger partial charge in [-0.3, -0.25) is 14.5 Å². The lowest BCUT2D eigenvalue weighted by Gasteiger charge is -2.22. The van der Waals surface area contributed by atoms with Gasteiger partial charge >= 0.3 is 0 Å². The number of amides is 1. The van der Waals surface area contributed by atoms with Crippen molar-refractivity contribution >= 4 is 16.7 Å². The number of carbonyl (C=O) groups excluding carboxylic acids is 1. The van der Waals surface area contributed by atoms with Gasteiger partial charge in [-0.15, -0.1) is 0 Å². The molecule has 0 saturated carbocycles. The van der Waals surface area contributed by atoms with Crippen molar-refractivity contribution in [2.45, 2.75) is 53.4 Å². The number of hydrogen-bond acceptors (Lipinski definition) is 4. The van der Waals surface area contributed by atoms with E-state index in [1.54, 1.807) is 12.1 Å². The van der Waals surface area contributed by atoms with Gasteiger partial charge in [-0.1, -0.05) is 56.3 Å². The van der Waals surface area contributed by atoms with Crippen LogP contribution in [0.1, 0.15) is 49.3 Å². The molecular weight excluding hydrogens is 388 g/mol. The summed E-state index contributed by atoms with van der Waals surface area (Å²) in [6, 6.07) is 15.7. The molecule has 0 aliphatic carbocycles. The van der Waals surface area contributed by atoms with Gasteiger partial charge in [0.1, 0.15) is 0 Å². The Labute approximate surface area is 183 Å². The molecule has 0 atom stereocenters. The first kappa shape index (κ1) is 22.7. The van der Waals surface area contributed by atoms with Crippen LogP contribution in [0, 0.1) is 5.92 Å². The SMILES string of the molecule is CC(C)Cn1nc(C(=O)NCc2ccccc2CN(C)C(C)C)c2ccccc2c1=O. The first-order chi connectivity index (χ1) is 14.8. The highest BCUT2D eigenvalue weighted by Gasteiger charge is 2.17. The predicted molar refractivity (Wildman–Crippen MR) is 125 cm³/mol. The lowest BCUT2D eigenvalue weighted by Crippen LogP contribution is -2.32. The molecule has 0 bridgehead atoms. The maximum absolute atomic E-state index is 13.1. The minimum atomic E-state index is -0.277. The molecule has 3 aromatic rings. The Bertz CT molecular complexity index is 1120. The topological polar surface area (TPSA) is 67.2 Å². The fourth-order valence-electron chi connectivity index (χ4n) is 3.47. The number of fused-ring (bicyclic) bond motifs is 1. The van der Waals surface area contributed by atoms with Crippen LogP contribution in [0.15, 0.2) is 53.3 Å². The maximum atomic E-state index is 13.1. The monoisotopic (exact) mass is 420 g/mol. The van der Waals surface area contributed by atoms with Crippen LogP contribution in [0.2, 0.25) is 0 Å². The molecule has 1 amide bonds. The van der Waals surface area contributed by atoms with Gasteiger partial charge in [0.15, 0.2) is 5.69 Å². The number of rotatable bonds is 8. The van der Waals surface area contributed by atoms with Gasteiger partial charge < -0.3 is 5.32 Å². The average molecular weight is 421 g/mol. The van der Waals surface area contributed by atoms with Crippen molar-refractivity contribution in [3.8, 4) is 0 Å². The second-order valence-corrected chi connectivity index (χ2v) is 8.74. The molecule has 0 radical (unpaired) electrons. The van der Waals surface area contributed by atoms with Gasteiger partial charge in [-0.05, 0) is 44.0 Å². The van der Waals surface area contributed by atoms with Crippen molar-refractivity contribution in [1.82, 2.24) is 20.0 Å². The van der Waals surface area contributed by atoms with Crippen molar-refractivity contribution in [2.75, 3.05) is 7.05 Å². The Balaban J connectivity index is 1.88. The molecule has 1 aromatic heterocycles. The van der Waals surface area contributed by atoms with E-state index < -0.39 is 0 Å². The summed E-state index contributed by atoms with van der Waals surface area (Å²) in [5, 5.41) is 8.54. The van der Waals surface area contributed by atoms with Crippen LogP contribution < -0.4 is 10.9 Å². The van der Waals surface area contributed by atoms with Gasteiger partial charge in [-0.2, -0.15) is 5.10 Å². The van der Waals surface area contributed by atoms with Crippen molar-refractivity contribution in [3.05, 3.63) is 75.7 Å². The van der Waals surface area contributed by atoms with Gasteiger partial charge in [0.25, 0.3) is 11.5 Å². The molecule has 164 valence electrons. The number of benzene rings is 2. The zero-order valence-corrected chi connectivity index (χ0v) is 19.1. The lowest BCUT2D eigenvalue weighted by atomic mass is 10.1. The second kappa shape index (κ2) is 9.88. The van der Waals surface area contributed by atoms with Crippen LogP contribution >= 0.6 is 0 Å². The first-order valence-electron chi connectivity index (χ1n) is 10.8. The highest BCUT2D eigenvalue weighted by Crippen LogP contribution is 2.16. The largest absolute Gasteiger partial charge is 0.347 e. The summed E-state index contributed by atoms with van der Waals surface area (Å²) < 4.78 is 1.41. The van der Waals surface area contributed by atoms with E-state index in [1.165, 1.54) is 10.2 Å². The van der Waals surface area contributed by atoms with Crippen LogP contribution in [0.4, 0.5) is 0 Å². The minimum absolute atomic E-state index is 0.164. The Morgan fingerprint density at radius 1 is 1.00 bits per heavy atom. The molecule has 1 heterocycles. The third kappa shape index (κ3) is 5.39. The van der Waals surface area contributed by atoms with Gasteiger partial charge in [-0.25, -0.2) is 4.68 Å². The fourth-order valence-corrected chi connectivity index (χ4v) is 3.47. The molecule has 0 unspecified atom stereocenters. The highest BCUT2D eigenvalue weighted by atomic mass is 16.2. The van der Waals surface area contributed by atoms with Crippen molar-refractivity contribution in [1.29, 1.82) is 0 Å². The van der Waals surface area contributed by atoms with Crippen LogP contribution in [0.25, 0.3) is 10.8 Å². The van der Waals surface area contributed by atoms with E-state index in [9.17, 15) is 9.59 Å². The van der Waals surface area contributed by atoms with E-state index >= 15 is 0 Å². The molecule has 2 aromatic carbocycles. The van der Waals surface area contributed by atoms with E-state index in [4.69, 9.17) is 0 Å². The summed E-state index contributed by atoms with van der Waals surface area (Å²) >= 11 is 0. The van der Waals surface area contributed by atoms with Crippen LogP contribution in [0.3, 0.4) is 0 Å². The third-order valence-electron chi connectivity index (χ3n) is 5.48. The number of nitrogens with one attached hydrogen (secondary N) is 1. The smallest absolute Gasteiger partial charge is 0.274 e. The van der Waals surface area contributed by atoms with Gasteiger partial charge in [0, 0.05) is 31.1 Å². The van der Waals surface area contributed by atoms with Crippen molar-refractivity contribution in [3.63, 3.8) is 0 Å². The maximum Gasteiger partial charge on any atom is 0.274 e. The quantitative estimate of drug-likeness (QED) is 0.602. The number of aromatic nitrogens is 2. The van der Waals surface area contributed by atoms with E-state index in [0.717, 1.165) is 12.1 Å². The lowest BCUT2D eigenvalue weighted by molar-refractivity contribution is 0.0945. The number of nitrogens with zero attached hydrogens (tertiary/aromatic N) is 3. The highest BCUT2D eigenvalue weighted by molar-refractivity contribution is 6.04. The molecule has 6 nitrogen and oxygen atoms in total. The third-order valence-corrected chi connectivity index (χ3v) is 5.48. The molecule has 0 spiro atoms. The van der Waals surface area contributed by atoms with Crippen LogP contribution in [0.5, 0.6) is 0 Å². The Kier molecular flexibility index (Phi) is 7.23. The predicted octanol–water partition coefficient (Wildman–Crippen LogP) is 3.82. The summed E-state index contributed by atoms with van der Waals surface area (Å²) in [5.41, 5.74) is 2.38. The Morgan fingerprint density at radius 3 is 2.26 bits per heavy atom. The van der Waals surface area contributed by atoms with Crippen LogP contribution in [-0.4, -0.2) is 33.7 Å².